The summed E-state index contributed by atoms with van der Waals surface area (Å²) in [4.78, 5) is 0. The standard InChI is InChI=1S/C12H26O7S/c1-3-4-15-5-6-16-7-8-17-9-10-18-11-12-19-20(2,13)14/h3-12H2,1-2H3. The van der Waals surface area contributed by atoms with Gasteiger partial charge in [0.05, 0.1) is 59.1 Å². The molecule has 0 aromatic carbocycles. The van der Waals surface area contributed by atoms with E-state index in [1.165, 1.54) is 0 Å². The molecule has 0 rings (SSSR count). The third kappa shape index (κ3) is 17.8. The molecule has 0 atom stereocenters. The van der Waals surface area contributed by atoms with E-state index in [9.17, 15) is 8.42 Å². The highest BCUT2D eigenvalue weighted by Crippen LogP contribution is 1.87. The lowest BCUT2D eigenvalue weighted by Gasteiger charge is -2.07. The molecule has 0 spiro atoms. The van der Waals surface area contributed by atoms with Crippen molar-refractivity contribution in [1.82, 2.24) is 0 Å². The van der Waals surface area contributed by atoms with Crippen LogP contribution in [-0.4, -0.2) is 74.1 Å². The fraction of sp³-hybridized carbons (Fsp3) is 1.00. The predicted octanol–water partition coefficient (Wildman–Crippen LogP) is 0.439. The van der Waals surface area contributed by atoms with Crippen LogP contribution in [0.1, 0.15) is 13.3 Å². The Morgan fingerprint density at radius 3 is 1.35 bits per heavy atom. The van der Waals surface area contributed by atoms with Crippen molar-refractivity contribution in [3.8, 4) is 0 Å². The number of ether oxygens (including phenoxy) is 4. The maximum atomic E-state index is 10.6. The van der Waals surface area contributed by atoms with E-state index in [4.69, 9.17) is 18.9 Å². The first-order chi connectivity index (χ1) is 9.56. The lowest BCUT2D eigenvalue weighted by Crippen LogP contribution is -2.14. The molecule has 0 aromatic heterocycles. The normalized spacial score (nSPS) is 11.9. The SMILES string of the molecule is CCCOCCOCCOCCOCCOS(C)(=O)=O. The van der Waals surface area contributed by atoms with Crippen LogP contribution >= 0.6 is 0 Å². The van der Waals surface area contributed by atoms with Gasteiger partial charge in [0, 0.05) is 6.61 Å². The quantitative estimate of drug-likeness (QED) is 0.320. The van der Waals surface area contributed by atoms with Crippen LogP contribution < -0.4 is 0 Å². The summed E-state index contributed by atoms with van der Waals surface area (Å²) in [7, 11) is -3.38. The number of hydrogen-bond donors (Lipinski definition) is 0. The summed E-state index contributed by atoms with van der Waals surface area (Å²) in [5.41, 5.74) is 0. The second kappa shape index (κ2) is 13.7. The maximum Gasteiger partial charge on any atom is 0.264 e. The molecule has 0 saturated heterocycles. The van der Waals surface area contributed by atoms with E-state index in [0.29, 0.717) is 39.6 Å². The molecule has 0 saturated carbocycles. The minimum Gasteiger partial charge on any atom is -0.379 e. The van der Waals surface area contributed by atoms with Gasteiger partial charge < -0.3 is 18.9 Å². The lowest BCUT2D eigenvalue weighted by molar-refractivity contribution is -0.00428. The molecule has 0 N–H and O–H groups in total. The van der Waals surface area contributed by atoms with Crippen molar-refractivity contribution in [2.45, 2.75) is 13.3 Å². The van der Waals surface area contributed by atoms with Gasteiger partial charge in [-0.05, 0) is 6.42 Å². The lowest BCUT2D eigenvalue weighted by atomic mass is 10.5. The average Bonchev–Trinajstić information content (AvgIpc) is 2.38. The van der Waals surface area contributed by atoms with Crippen LogP contribution in [0.3, 0.4) is 0 Å². The second-order valence-electron chi connectivity index (χ2n) is 3.98. The monoisotopic (exact) mass is 314 g/mol. The van der Waals surface area contributed by atoms with Gasteiger partial charge in [-0.2, -0.15) is 8.42 Å². The minimum absolute atomic E-state index is 0.0275. The molecule has 0 aliphatic heterocycles. The topological polar surface area (TPSA) is 80.3 Å². The van der Waals surface area contributed by atoms with E-state index in [-0.39, 0.29) is 13.2 Å². The van der Waals surface area contributed by atoms with Crippen molar-refractivity contribution in [2.75, 3.05) is 65.7 Å². The Kier molecular flexibility index (Phi) is 13.5. The second-order valence-corrected chi connectivity index (χ2v) is 5.62. The zero-order valence-corrected chi connectivity index (χ0v) is 13.2. The van der Waals surface area contributed by atoms with Crippen LogP contribution in [0.25, 0.3) is 0 Å². The van der Waals surface area contributed by atoms with Crippen molar-refractivity contribution in [3.05, 3.63) is 0 Å². The summed E-state index contributed by atoms with van der Waals surface area (Å²) in [6.45, 7) is 6.11. The smallest absolute Gasteiger partial charge is 0.264 e. The van der Waals surface area contributed by atoms with Gasteiger partial charge in [0.1, 0.15) is 0 Å². The van der Waals surface area contributed by atoms with Crippen molar-refractivity contribution in [2.24, 2.45) is 0 Å². The van der Waals surface area contributed by atoms with Crippen LogP contribution in [0.5, 0.6) is 0 Å². The Hall–Kier alpha value is -0.250. The third-order valence-corrected chi connectivity index (χ3v) is 2.58. The van der Waals surface area contributed by atoms with Gasteiger partial charge in [0.15, 0.2) is 0 Å². The summed E-state index contributed by atoms with van der Waals surface area (Å²) in [5.74, 6) is 0. The molecule has 0 fully saturated rings. The zero-order chi connectivity index (χ0) is 15.1. The Morgan fingerprint density at radius 1 is 0.650 bits per heavy atom. The molecule has 0 aliphatic rings. The van der Waals surface area contributed by atoms with Gasteiger partial charge in [0.2, 0.25) is 0 Å². The largest absolute Gasteiger partial charge is 0.379 e. The van der Waals surface area contributed by atoms with E-state index in [1.807, 2.05) is 0 Å². The third-order valence-electron chi connectivity index (χ3n) is 1.99. The molecule has 7 nitrogen and oxygen atoms in total. The van der Waals surface area contributed by atoms with Crippen LogP contribution in [0.2, 0.25) is 0 Å². The van der Waals surface area contributed by atoms with Gasteiger partial charge in [0.25, 0.3) is 10.1 Å². The summed E-state index contributed by atoms with van der Waals surface area (Å²) in [6, 6.07) is 0. The fourth-order valence-electron chi connectivity index (χ4n) is 1.15. The molecular weight excluding hydrogens is 288 g/mol. The molecule has 0 aliphatic carbocycles. The van der Waals surface area contributed by atoms with Crippen LogP contribution in [0.4, 0.5) is 0 Å². The first-order valence-corrected chi connectivity index (χ1v) is 8.53. The van der Waals surface area contributed by atoms with E-state index < -0.39 is 10.1 Å². The summed E-state index contributed by atoms with van der Waals surface area (Å²) >= 11 is 0. The molecule has 0 amide bonds. The van der Waals surface area contributed by atoms with Gasteiger partial charge in [-0.3, -0.25) is 4.18 Å². The highest BCUT2D eigenvalue weighted by atomic mass is 32.2. The summed E-state index contributed by atoms with van der Waals surface area (Å²) in [6.07, 6.45) is 2.02. The summed E-state index contributed by atoms with van der Waals surface area (Å²) in [5, 5.41) is 0. The van der Waals surface area contributed by atoms with Crippen LogP contribution in [-0.2, 0) is 33.2 Å². The molecule has 0 aromatic rings. The Morgan fingerprint density at radius 2 is 1.00 bits per heavy atom. The van der Waals surface area contributed by atoms with Gasteiger partial charge >= 0.3 is 0 Å². The maximum absolute atomic E-state index is 10.6. The Balaban J connectivity index is 3.03. The molecule has 0 unspecified atom stereocenters. The number of hydrogen-bond acceptors (Lipinski definition) is 7. The van der Waals surface area contributed by atoms with Gasteiger partial charge in [-0.1, -0.05) is 6.92 Å². The molecule has 0 bridgehead atoms. The van der Waals surface area contributed by atoms with E-state index in [2.05, 4.69) is 11.1 Å². The Bertz CT molecular complexity index is 292. The first-order valence-electron chi connectivity index (χ1n) is 6.71. The Labute approximate surface area is 121 Å². The molecule has 0 radical (unpaired) electrons. The van der Waals surface area contributed by atoms with E-state index in [1.54, 1.807) is 0 Å². The van der Waals surface area contributed by atoms with Crippen molar-refractivity contribution in [1.29, 1.82) is 0 Å². The number of rotatable bonds is 15. The van der Waals surface area contributed by atoms with E-state index in [0.717, 1.165) is 19.3 Å². The van der Waals surface area contributed by atoms with Crippen LogP contribution in [0, 0.1) is 0 Å². The molecule has 0 heterocycles. The van der Waals surface area contributed by atoms with E-state index >= 15 is 0 Å². The predicted molar refractivity (Wildman–Crippen MR) is 74.4 cm³/mol. The molecular formula is C12H26O7S. The molecule has 20 heavy (non-hydrogen) atoms. The molecule has 122 valence electrons. The van der Waals surface area contributed by atoms with Crippen molar-refractivity contribution in [3.63, 3.8) is 0 Å². The fourth-order valence-corrected chi connectivity index (χ4v) is 1.52. The minimum atomic E-state index is -3.38. The first kappa shape index (κ1) is 19.8. The average molecular weight is 314 g/mol. The zero-order valence-electron chi connectivity index (χ0n) is 12.3. The molecule has 8 heteroatoms. The van der Waals surface area contributed by atoms with Crippen molar-refractivity contribution < 1.29 is 31.5 Å². The summed E-state index contributed by atoms with van der Waals surface area (Å²) < 4.78 is 46.7. The highest BCUT2D eigenvalue weighted by Gasteiger charge is 2.00. The van der Waals surface area contributed by atoms with Gasteiger partial charge in [-0.15, -0.1) is 0 Å². The highest BCUT2D eigenvalue weighted by molar-refractivity contribution is 7.85. The van der Waals surface area contributed by atoms with Gasteiger partial charge in [-0.25, -0.2) is 0 Å². The van der Waals surface area contributed by atoms with Crippen molar-refractivity contribution >= 4 is 10.1 Å². The van der Waals surface area contributed by atoms with Crippen LogP contribution in [0.15, 0.2) is 0 Å².